The first-order valence-corrected chi connectivity index (χ1v) is 7.61. The molecular formula is C17H23FN2O. The summed E-state index contributed by atoms with van der Waals surface area (Å²) in [5, 5.41) is 3.48. The van der Waals surface area contributed by atoms with Crippen molar-refractivity contribution in [3.63, 3.8) is 0 Å². The van der Waals surface area contributed by atoms with Gasteiger partial charge in [0.2, 0.25) is 5.91 Å². The third-order valence-corrected chi connectivity index (χ3v) is 4.04. The van der Waals surface area contributed by atoms with Crippen LogP contribution < -0.4 is 5.32 Å². The number of halogens is 1. The summed E-state index contributed by atoms with van der Waals surface area (Å²) in [5.41, 5.74) is 0.833. The van der Waals surface area contributed by atoms with E-state index < -0.39 is 0 Å². The van der Waals surface area contributed by atoms with E-state index in [0.717, 1.165) is 31.5 Å². The highest BCUT2D eigenvalue weighted by Crippen LogP contribution is 2.13. The van der Waals surface area contributed by atoms with Crippen LogP contribution in [0.15, 0.2) is 30.3 Å². The predicted octanol–water partition coefficient (Wildman–Crippen LogP) is 2.83. The molecule has 1 heterocycles. The molecule has 0 aromatic heterocycles. The number of carbonyl (C=O) groups is 1. The maximum Gasteiger partial charge on any atom is 0.246 e. The number of nitrogens with one attached hydrogen (secondary N) is 1. The molecule has 21 heavy (non-hydrogen) atoms. The van der Waals surface area contributed by atoms with Crippen molar-refractivity contribution >= 4 is 12.0 Å². The number of amides is 1. The Morgan fingerprint density at radius 3 is 2.67 bits per heavy atom. The van der Waals surface area contributed by atoms with Crippen molar-refractivity contribution in [2.45, 2.75) is 38.8 Å². The Kier molecular flexibility index (Phi) is 5.51. The third-order valence-electron chi connectivity index (χ3n) is 4.04. The fourth-order valence-corrected chi connectivity index (χ4v) is 2.61. The smallest absolute Gasteiger partial charge is 0.246 e. The molecule has 2 rings (SSSR count). The molecule has 1 saturated heterocycles. The van der Waals surface area contributed by atoms with E-state index in [-0.39, 0.29) is 17.8 Å². The van der Waals surface area contributed by atoms with E-state index in [0.29, 0.717) is 6.04 Å². The molecule has 2 unspecified atom stereocenters. The monoisotopic (exact) mass is 290 g/mol. The summed E-state index contributed by atoms with van der Waals surface area (Å²) in [4.78, 5) is 14.4. The number of hydrogen-bond acceptors (Lipinski definition) is 2. The Bertz CT molecular complexity index is 498. The molecule has 0 radical (unpaired) electrons. The molecule has 1 aliphatic heterocycles. The van der Waals surface area contributed by atoms with Crippen LogP contribution in [-0.2, 0) is 4.79 Å². The van der Waals surface area contributed by atoms with E-state index in [2.05, 4.69) is 19.2 Å². The second-order valence-corrected chi connectivity index (χ2v) is 5.45. The Hall–Kier alpha value is -1.68. The van der Waals surface area contributed by atoms with Gasteiger partial charge in [0.05, 0.1) is 0 Å². The van der Waals surface area contributed by atoms with Crippen LogP contribution in [0.5, 0.6) is 0 Å². The van der Waals surface area contributed by atoms with Crippen molar-refractivity contribution < 1.29 is 9.18 Å². The summed E-state index contributed by atoms with van der Waals surface area (Å²) >= 11 is 0. The number of piperazine rings is 1. The van der Waals surface area contributed by atoms with Crippen molar-refractivity contribution in [1.82, 2.24) is 10.2 Å². The van der Waals surface area contributed by atoms with Gasteiger partial charge in [0.25, 0.3) is 0 Å². The largest absolute Gasteiger partial charge is 0.333 e. The fraction of sp³-hybridized carbons (Fsp3) is 0.471. The molecular weight excluding hydrogens is 267 g/mol. The van der Waals surface area contributed by atoms with E-state index in [4.69, 9.17) is 0 Å². The normalized spacial score (nSPS) is 22.7. The molecule has 0 saturated carbocycles. The van der Waals surface area contributed by atoms with E-state index in [1.807, 2.05) is 4.90 Å². The molecule has 2 atom stereocenters. The van der Waals surface area contributed by atoms with Gasteiger partial charge >= 0.3 is 0 Å². The van der Waals surface area contributed by atoms with Crippen LogP contribution in [-0.4, -0.2) is 36.0 Å². The summed E-state index contributed by atoms with van der Waals surface area (Å²) < 4.78 is 12.8. The molecule has 3 nitrogen and oxygen atoms in total. The van der Waals surface area contributed by atoms with Crippen molar-refractivity contribution in [3.8, 4) is 0 Å². The molecule has 4 heteroatoms. The average Bonchev–Trinajstić information content (AvgIpc) is 2.53. The standard InChI is InChI=1S/C17H23FN2O/c1-3-15-12-20(16(4-2)11-19-15)17(21)10-7-13-5-8-14(18)9-6-13/h5-10,15-16,19H,3-4,11-12H2,1-2H3. The van der Waals surface area contributed by atoms with Gasteiger partial charge in [0.15, 0.2) is 0 Å². The van der Waals surface area contributed by atoms with Crippen LogP contribution in [0.2, 0.25) is 0 Å². The van der Waals surface area contributed by atoms with Crippen LogP contribution >= 0.6 is 0 Å². The lowest BCUT2D eigenvalue weighted by Crippen LogP contribution is -2.57. The molecule has 114 valence electrons. The lowest BCUT2D eigenvalue weighted by atomic mass is 10.0. The summed E-state index contributed by atoms with van der Waals surface area (Å²) in [6, 6.07) is 6.76. The summed E-state index contributed by atoms with van der Waals surface area (Å²) in [7, 11) is 0. The molecule has 0 bridgehead atoms. The highest BCUT2D eigenvalue weighted by Gasteiger charge is 2.28. The average molecular weight is 290 g/mol. The zero-order valence-corrected chi connectivity index (χ0v) is 12.7. The summed E-state index contributed by atoms with van der Waals surface area (Å²) in [5.74, 6) is -0.233. The van der Waals surface area contributed by atoms with E-state index in [9.17, 15) is 9.18 Å². The summed E-state index contributed by atoms with van der Waals surface area (Å²) in [6.07, 6.45) is 5.30. The molecule has 1 aromatic rings. The first kappa shape index (κ1) is 15.7. The molecule has 1 aliphatic rings. The number of benzene rings is 1. The molecule has 1 fully saturated rings. The zero-order chi connectivity index (χ0) is 15.2. The Morgan fingerprint density at radius 2 is 2.05 bits per heavy atom. The minimum Gasteiger partial charge on any atom is -0.333 e. The third kappa shape index (κ3) is 4.14. The number of carbonyl (C=O) groups excluding carboxylic acids is 1. The summed E-state index contributed by atoms with van der Waals surface area (Å²) in [6.45, 7) is 5.83. The number of hydrogen-bond donors (Lipinski definition) is 1. The first-order valence-electron chi connectivity index (χ1n) is 7.61. The Labute approximate surface area is 125 Å². The fourth-order valence-electron chi connectivity index (χ4n) is 2.61. The van der Waals surface area contributed by atoms with Gasteiger partial charge in [-0.2, -0.15) is 0 Å². The predicted molar refractivity (Wildman–Crippen MR) is 83.3 cm³/mol. The van der Waals surface area contributed by atoms with Crippen LogP contribution in [0, 0.1) is 5.82 Å². The topological polar surface area (TPSA) is 32.3 Å². The van der Waals surface area contributed by atoms with Crippen LogP contribution in [0.1, 0.15) is 32.3 Å². The van der Waals surface area contributed by atoms with Gasteiger partial charge in [-0.3, -0.25) is 4.79 Å². The SMILES string of the molecule is CCC1CN(C(=O)C=Cc2ccc(F)cc2)C(CC)CN1. The number of rotatable bonds is 4. The minimum absolute atomic E-state index is 0.0334. The van der Waals surface area contributed by atoms with Gasteiger partial charge < -0.3 is 10.2 Å². The molecule has 1 N–H and O–H groups in total. The highest BCUT2D eigenvalue weighted by atomic mass is 19.1. The van der Waals surface area contributed by atoms with Gasteiger partial charge in [0.1, 0.15) is 5.82 Å². The van der Waals surface area contributed by atoms with Crippen molar-refractivity contribution in [2.75, 3.05) is 13.1 Å². The lowest BCUT2D eigenvalue weighted by Gasteiger charge is -2.39. The van der Waals surface area contributed by atoms with Crippen molar-refractivity contribution in [1.29, 1.82) is 0 Å². The minimum atomic E-state index is -0.266. The molecule has 0 spiro atoms. The van der Waals surface area contributed by atoms with E-state index in [1.165, 1.54) is 12.1 Å². The van der Waals surface area contributed by atoms with Crippen LogP contribution in [0.3, 0.4) is 0 Å². The zero-order valence-electron chi connectivity index (χ0n) is 12.7. The Balaban J connectivity index is 2.04. The van der Waals surface area contributed by atoms with Gasteiger partial charge in [-0.15, -0.1) is 0 Å². The first-order chi connectivity index (χ1) is 10.1. The van der Waals surface area contributed by atoms with E-state index in [1.54, 1.807) is 24.3 Å². The maximum atomic E-state index is 12.8. The maximum absolute atomic E-state index is 12.8. The van der Waals surface area contributed by atoms with Gasteiger partial charge in [-0.05, 0) is 36.6 Å². The van der Waals surface area contributed by atoms with Crippen molar-refractivity contribution in [2.24, 2.45) is 0 Å². The highest BCUT2D eigenvalue weighted by molar-refractivity contribution is 5.92. The van der Waals surface area contributed by atoms with E-state index >= 15 is 0 Å². The second kappa shape index (κ2) is 7.36. The number of nitrogens with zero attached hydrogens (tertiary/aromatic N) is 1. The van der Waals surface area contributed by atoms with Crippen LogP contribution in [0.25, 0.3) is 6.08 Å². The van der Waals surface area contributed by atoms with Crippen LogP contribution in [0.4, 0.5) is 4.39 Å². The Morgan fingerprint density at radius 1 is 1.33 bits per heavy atom. The quantitative estimate of drug-likeness (QED) is 0.865. The van der Waals surface area contributed by atoms with Gasteiger partial charge in [0, 0.05) is 31.2 Å². The van der Waals surface area contributed by atoms with Crippen molar-refractivity contribution in [3.05, 3.63) is 41.7 Å². The van der Waals surface area contributed by atoms with Gasteiger partial charge in [-0.1, -0.05) is 26.0 Å². The molecule has 0 aliphatic carbocycles. The second-order valence-electron chi connectivity index (χ2n) is 5.45. The molecule has 1 aromatic carbocycles. The van der Waals surface area contributed by atoms with Gasteiger partial charge in [-0.25, -0.2) is 4.39 Å². The molecule has 1 amide bonds. The lowest BCUT2D eigenvalue weighted by molar-refractivity contribution is -0.129.